The lowest BCUT2D eigenvalue weighted by Crippen LogP contribution is -2.43. The molecule has 7 heteroatoms. The van der Waals surface area contributed by atoms with Crippen LogP contribution in [0, 0.1) is 11.6 Å². The average molecular weight is 345 g/mol. The minimum Gasteiger partial charge on any atom is -0.353 e. The first-order valence-electron chi connectivity index (χ1n) is 7.72. The molecule has 2 aromatic carbocycles. The van der Waals surface area contributed by atoms with Gasteiger partial charge in [-0.05, 0) is 37.6 Å². The van der Waals surface area contributed by atoms with E-state index < -0.39 is 23.2 Å². The maximum Gasteiger partial charge on any atom is 0.325 e. The molecule has 1 aliphatic heterocycles. The molecule has 0 spiro atoms. The average Bonchev–Trinajstić information content (AvgIpc) is 2.74. The van der Waals surface area contributed by atoms with Gasteiger partial charge in [0.2, 0.25) is 0 Å². The summed E-state index contributed by atoms with van der Waals surface area (Å²) in [4.78, 5) is 25.3. The molecule has 0 radical (unpaired) electrons. The first kappa shape index (κ1) is 16.9. The molecule has 0 saturated carbocycles. The normalized spacial score (nSPS) is 16.1. The molecule has 3 amide bonds. The third kappa shape index (κ3) is 3.17. The van der Waals surface area contributed by atoms with Crippen molar-refractivity contribution in [3.05, 3.63) is 59.7 Å². The van der Waals surface area contributed by atoms with E-state index in [0.717, 1.165) is 12.1 Å². The molecule has 5 nitrogen and oxygen atoms in total. The summed E-state index contributed by atoms with van der Waals surface area (Å²) in [6.07, 6.45) is 0. The molecule has 130 valence electrons. The van der Waals surface area contributed by atoms with Gasteiger partial charge in [-0.1, -0.05) is 18.2 Å². The van der Waals surface area contributed by atoms with Gasteiger partial charge in [0.05, 0.1) is 12.2 Å². The van der Waals surface area contributed by atoms with Crippen molar-refractivity contribution in [2.24, 2.45) is 0 Å². The quantitative estimate of drug-likeness (QED) is 0.833. The van der Waals surface area contributed by atoms with Crippen molar-refractivity contribution in [3.8, 4) is 0 Å². The van der Waals surface area contributed by atoms with Crippen LogP contribution in [0.1, 0.15) is 19.4 Å². The Balaban J connectivity index is 1.89. The zero-order valence-corrected chi connectivity index (χ0v) is 13.8. The van der Waals surface area contributed by atoms with Gasteiger partial charge in [-0.2, -0.15) is 0 Å². The largest absolute Gasteiger partial charge is 0.353 e. The molecule has 2 N–H and O–H groups in total. The number of hydrogen-bond donors (Lipinski definition) is 2. The second kappa shape index (κ2) is 6.16. The Bertz CT molecular complexity index is 852. The topological polar surface area (TPSA) is 61.4 Å². The van der Waals surface area contributed by atoms with E-state index in [4.69, 9.17) is 0 Å². The number of rotatable bonds is 4. The zero-order valence-electron chi connectivity index (χ0n) is 13.8. The molecule has 0 bridgehead atoms. The van der Waals surface area contributed by atoms with Gasteiger partial charge in [-0.15, -0.1) is 0 Å². The molecule has 0 atom stereocenters. The number of benzene rings is 2. The van der Waals surface area contributed by atoms with Gasteiger partial charge in [0, 0.05) is 11.8 Å². The van der Waals surface area contributed by atoms with Crippen LogP contribution in [0.25, 0.3) is 0 Å². The summed E-state index contributed by atoms with van der Waals surface area (Å²) in [6.45, 7) is 3.47. The van der Waals surface area contributed by atoms with Gasteiger partial charge < -0.3 is 10.2 Å². The van der Waals surface area contributed by atoms with Crippen LogP contribution in [0.15, 0.2) is 42.5 Å². The summed E-state index contributed by atoms with van der Waals surface area (Å²) in [6, 6.07) is 9.81. The number of halogens is 2. The maximum absolute atomic E-state index is 13.9. The summed E-state index contributed by atoms with van der Waals surface area (Å²) >= 11 is 0. The molecular weight excluding hydrogens is 328 g/mol. The number of urea groups is 1. The minimum absolute atomic E-state index is 0.120. The van der Waals surface area contributed by atoms with Crippen LogP contribution in [-0.2, 0) is 11.3 Å². The van der Waals surface area contributed by atoms with E-state index in [9.17, 15) is 18.4 Å². The van der Waals surface area contributed by atoms with E-state index >= 15 is 0 Å². The molecule has 1 aliphatic rings. The number of amides is 3. The number of para-hydroxylation sites is 1. The molecule has 1 saturated heterocycles. The van der Waals surface area contributed by atoms with Crippen molar-refractivity contribution < 1.29 is 18.4 Å². The van der Waals surface area contributed by atoms with Crippen LogP contribution >= 0.6 is 0 Å². The Kier molecular flexibility index (Phi) is 4.16. The van der Waals surface area contributed by atoms with Crippen LogP contribution in [0.4, 0.5) is 25.0 Å². The van der Waals surface area contributed by atoms with Gasteiger partial charge in [-0.25, -0.2) is 13.6 Å². The van der Waals surface area contributed by atoms with Crippen LogP contribution in [0.2, 0.25) is 0 Å². The number of anilines is 2. The lowest BCUT2D eigenvalue weighted by molar-refractivity contribution is -0.125. The molecule has 0 aliphatic carbocycles. The first-order valence-corrected chi connectivity index (χ1v) is 7.72. The summed E-state index contributed by atoms with van der Waals surface area (Å²) in [5.41, 5.74) is 0.404. The fraction of sp³-hybridized carbons (Fsp3) is 0.222. The van der Waals surface area contributed by atoms with Crippen LogP contribution in [0.3, 0.4) is 0 Å². The highest BCUT2D eigenvalue weighted by atomic mass is 19.1. The SMILES string of the molecule is CC1(C)C(=O)NC(=O)N1Cc1ccccc1Nc1ccc(F)cc1F. The third-order valence-corrected chi connectivity index (χ3v) is 4.24. The van der Waals surface area contributed by atoms with E-state index in [-0.39, 0.29) is 18.1 Å². The Labute approximate surface area is 143 Å². The van der Waals surface area contributed by atoms with Gasteiger partial charge >= 0.3 is 6.03 Å². The second-order valence-electron chi connectivity index (χ2n) is 6.31. The third-order valence-electron chi connectivity index (χ3n) is 4.24. The van der Waals surface area contributed by atoms with E-state index in [1.165, 1.54) is 11.0 Å². The molecule has 1 fully saturated rings. The van der Waals surface area contributed by atoms with Crippen LogP contribution in [0.5, 0.6) is 0 Å². The predicted octanol–water partition coefficient (Wildman–Crippen LogP) is 3.54. The molecule has 1 heterocycles. The minimum atomic E-state index is -0.981. The Morgan fingerprint density at radius 1 is 1.08 bits per heavy atom. The van der Waals surface area contributed by atoms with Gasteiger partial charge in [0.25, 0.3) is 5.91 Å². The van der Waals surface area contributed by atoms with E-state index in [2.05, 4.69) is 10.6 Å². The van der Waals surface area contributed by atoms with Crippen molar-refractivity contribution in [1.29, 1.82) is 0 Å². The van der Waals surface area contributed by atoms with Crippen molar-refractivity contribution in [2.45, 2.75) is 25.9 Å². The fourth-order valence-electron chi connectivity index (χ4n) is 2.65. The van der Waals surface area contributed by atoms with Crippen LogP contribution < -0.4 is 10.6 Å². The summed E-state index contributed by atoms with van der Waals surface area (Å²) < 4.78 is 26.9. The Morgan fingerprint density at radius 2 is 1.80 bits per heavy atom. The smallest absolute Gasteiger partial charge is 0.325 e. The Morgan fingerprint density at radius 3 is 2.44 bits per heavy atom. The number of carbonyl (C=O) groups excluding carboxylic acids is 2. The van der Waals surface area contributed by atoms with Crippen molar-refractivity contribution in [2.75, 3.05) is 5.32 Å². The predicted molar refractivity (Wildman–Crippen MR) is 89.2 cm³/mol. The van der Waals surface area contributed by atoms with Crippen molar-refractivity contribution >= 4 is 23.3 Å². The monoisotopic (exact) mass is 345 g/mol. The molecule has 3 rings (SSSR count). The first-order chi connectivity index (χ1) is 11.8. The summed E-state index contributed by atoms with van der Waals surface area (Å²) in [5, 5.41) is 5.20. The van der Waals surface area contributed by atoms with Crippen LogP contribution in [-0.4, -0.2) is 22.4 Å². The summed E-state index contributed by atoms with van der Waals surface area (Å²) in [7, 11) is 0. The lowest BCUT2D eigenvalue weighted by atomic mass is 10.0. The highest BCUT2D eigenvalue weighted by Gasteiger charge is 2.45. The Hall–Kier alpha value is -2.96. The lowest BCUT2D eigenvalue weighted by Gasteiger charge is -2.28. The van der Waals surface area contributed by atoms with Gasteiger partial charge in [0.1, 0.15) is 17.2 Å². The fourth-order valence-corrected chi connectivity index (χ4v) is 2.65. The molecule has 2 aromatic rings. The van der Waals surface area contributed by atoms with E-state index in [1.807, 2.05) is 0 Å². The number of carbonyl (C=O) groups is 2. The second-order valence-corrected chi connectivity index (χ2v) is 6.31. The molecule has 25 heavy (non-hydrogen) atoms. The maximum atomic E-state index is 13.9. The van der Waals surface area contributed by atoms with E-state index in [1.54, 1.807) is 38.1 Å². The number of nitrogens with zero attached hydrogens (tertiary/aromatic N) is 1. The zero-order chi connectivity index (χ0) is 18.2. The van der Waals surface area contributed by atoms with E-state index in [0.29, 0.717) is 11.3 Å². The summed E-state index contributed by atoms with van der Waals surface area (Å²) in [5.74, 6) is -1.75. The van der Waals surface area contributed by atoms with Gasteiger partial charge in [0.15, 0.2) is 0 Å². The highest BCUT2D eigenvalue weighted by Crippen LogP contribution is 2.28. The molecule has 0 unspecified atom stereocenters. The number of imide groups is 1. The molecule has 0 aromatic heterocycles. The molecular formula is C18H17F2N3O2. The highest BCUT2D eigenvalue weighted by molar-refractivity contribution is 6.06. The number of nitrogens with one attached hydrogen (secondary N) is 2. The number of hydrogen-bond acceptors (Lipinski definition) is 3. The van der Waals surface area contributed by atoms with Crippen molar-refractivity contribution in [1.82, 2.24) is 10.2 Å². The van der Waals surface area contributed by atoms with Gasteiger partial charge in [-0.3, -0.25) is 10.1 Å². The van der Waals surface area contributed by atoms with Crippen molar-refractivity contribution in [3.63, 3.8) is 0 Å². The standard InChI is InChI=1S/C18H17F2N3O2/c1-18(2)16(24)22-17(25)23(18)10-11-5-3-4-6-14(11)21-15-8-7-12(19)9-13(15)20/h3-9,21H,10H2,1-2H3,(H,22,24,25).